The third-order valence-corrected chi connectivity index (χ3v) is 4.92. The van der Waals surface area contributed by atoms with Crippen LogP contribution in [0.5, 0.6) is 0 Å². The molecule has 0 aromatic rings. The van der Waals surface area contributed by atoms with Crippen LogP contribution in [0.25, 0.3) is 0 Å². The summed E-state index contributed by atoms with van der Waals surface area (Å²) in [7, 11) is -3.15. The lowest BCUT2D eigenvalue weighted by molar-refractivity contribution is -0.140. The SMILES string of the molecule is CC(CS(=O)(=O)C1CCC1)C(=O)O. The van der Waals surface area contributed by atoms with Crippen LogP contribution >= 0.6 is 0 Å². The van der Waals surface area contributed by atoms with Crippen molar-refractivity contribution in [2.24, 2.45) is 5.92 Å². The van der Waals surface area contributed by atoms with E-state index in [1.165, 1.54) is 6.92 Å². The van der Waals surface area contributed by atoms with Gasteiger partial charge in [0.25, 0.3) is 0 Å². The monoisotopic (exact) mass is 206 g/mol. The van der Waals surface area contributed by atoms with Crippen LogP contribution in [0.3, 0.4) is 0 Å². The lowest BCUT2D eigenvalue weighted by Crippen LogP contribution is -2.34. The topological polar surface area (TPSA) is 71.4 Å². The molecule has 1 aliphatic carbocycles. The minimum atomic E-state index is -3.15. The van der Waals surface area contributed by atoms with E-state index >= 15 is 0 Å². The Labute approximate surface area is 77.9 Å². The first-order chi connectivity index (χ1) is 5.93. The van der Waals surface area contributed by atoms with Gasteiger partial charge in [0.05, 0.1) is 16.9 Å². The lowest BCUT2D eigenvalue weighted by Gasteiger charge is -2.25. The second kappa shape index (κ2) is 3.65. The van der Waals surface area contributed by atoms with Crippen LogP contribution in [0.4, 0.5) is 0 Å². The number of aliphatic carboxylic acids is 1. The average molecular weight is 206 g/mol. The van der Waals surface area contributed by atoms with Crippen molar-refractivity contribution in [2.45, 2.75) is 31.4 Å². The van der Waals surface area contributed by atoms with Crippen LogP contribution in [0.2, 0.25) is 0 Å². The Morgan fingerprint density at radius 1 is 1.54 bits per heavy atom. The van der Waals surface area contributed by atoms with Gasteiger partial charge >= 0.3 is 5.97 Å². The minimum absolute atomic E-state index is 0.215. The third-order valence-electron chi connectivity index (χ3n) is 2.46. The van der Waals surface area contributed by atoms with Gasteiger partial charge in [0, 0.05) is 0 Å². The first-order valence-corrected chi connectivity index (χ1v) is 6.09. The van der Waals surface area contributed by atoms with Gasteiger partial charge < -0.3 is 5.11 Å². The van der Waals surface area contributed by atoms with E-state index in [9.17, 15) is 13.2 Å². The molecule has 0 amide bonds. The minimum Gasteiger partial charge on any atom is -0.481 e. The number of carboxylic acid groups (broad SMARTS) is 1. The second-order valence-electron chi connectivity index (χ2n) is 3.62. The lowest BCUT2D eigenvalue weighted by atomic mass is 10.00. The summed E-state index contributed by atoms with van der Waals surface area (Å²) in [4.78, 5) is 10.4. The molecular weight excluding hydrogens is 192 g/mol. The summed E-state index contributed by atoms with van der Waals surface area (Å²) in [6.07, 6.45) is 2.36. The zero-order valence-corrected chi connectivity index (χ0v) is 8.38. The predicted molar refractivity (Wildman–Crippen MR) is 48.2 cm³/mol. The van der Waals surface area contributed by atoms with E-state index in [2.05, 4.69) is 0 Å². The molecular formula is C8H14O4S. The maximum Gasteiger partial charge on any atom is 0.307 e. The average Bonchev–Trinajstić information content (AvgIpc) is 1.79. The van der Waals surface area contributed by atoms with Gasteiger partial charge in [-0.15, -0.1) is 0 Å². The first kappa shape index (κ1) is 10.5. The molecule has 0 aliphatic heterocycles. The molecule has 13 heavy (non-hydrogen) atoms. The van der Waals surface area contributed by atoms with Crippen molar-refractivity contribution in [1.82, 2.24) is 0 Å². The summed E-state index contributed by atoms with van der Waals surface area (Å²) in [5, 5.41) is 8.28. The Morgan fingerprint density at radius 2 is 2.08 bits per heavy atom. The van der Waals surface area contributed by atoms with Gasteiger partial charge in [-0.3, -0.25) is 4.79 Å². The Hall–Kier alpha value is -0.580. The summed E-state index contributed by atoms with van der Waals surface area (Å²) in [5.41, 5.74) is 0. The van der Waals surface area contributed by atoms with Gasteiger partial charge in [-0.1, -0.05) is 13.3 Å². The van der Waals surface area contributed by atoms with Crippen molar-refractivity contribution in [3.8, 4) is 0 Å². The first-order valence-electron chi connectivity index (χ1n) is 4.38. The van der Waals surface area contributed by atoms with Gasteiger partial charge in [0.2, 0.25) is 0 Å². The van der Waals surface area contributed by atoms with E-state index in [4.69, 9.17) is 5.11 Å². The van der Waals surface area contributed by atoms with Crippen molar-refractivity contribution in [2.75, 3.05) is 5.75 Å². The Kier molecular flexibility index (Phi) is 2.95. The highest BCUT2D eigenvalue weighted by atomic mass is 32.2. The normalized spacial score (nSPS) is 20.7. The van der Waals surface area contributed by atoms with E-state index in [0.717, 1.165) is 6.42 Å². The van der Waals surface area contributed by atoms with Gasteiger partial charge in [-0.2, -0.15) is 0 Å². The molecule has 1 N–H and O–H groups in total. The molecule has 0 aromatic heterocycles. The molecule has 1 rings (SSSR count). The number of hydrogen-bond donors (Lipinski definition) is 1. The summed E-state index contributed by atoms with van der Waals surface area (Å²) in [6, 6.07) is 0. The number of carboxylic acids is 1. The molecule has 4 nitrogen and oxygen atoms in total. The predicted octanol–water partition coefficient (Wildman–Crippen LogP) is 0.674. The third kappa shape index (κ3) is 2.43. The number of sulfone groups is 1. The molecule has 0 radical (unpaired) electrons. The molecule has 0 spiro atoms. The highest BCUT2D eigenvalue weighted by molar-refractivity contribution is 7.92. The van der Waals surface area contributed by atoms with Crippen LogP contribution in [-0.2, 0) is 14.6 Å². The van der Waals surface area contributed by atoms with Crippen molar-refractivity contribution < 1.29 is 18.3 Å². The molecule has 5 heteroatoms. The smallest absolute Gasteiger partial charge is 0.307 e. The molecule has 1 atom stereocenters. The molecule has 1 saturated carbocycles. The van der Waals surface area contributed by atoms with Crippen LogP contribution in [0.15, 0.2) is 0 Å². The van der Waals surface area contributed by atoms with Crippen LogP contribution in [-0.4, -0.2) is 30.5 Å². The summed E-state index contributed by atoms with van der Waals surface area (Å²) < 4.78 is 22.9. The van der Waals surface area contributed by atoms with Gasteiger partial charge in [0.1, 0.15) is 0 Å². The number of carbonyl (C=O) groups is 1. The maximum atomic E-state index is 11.5. The molecule has 0 aromatic carbocycles. The zero-order valence-electron chi connectivity index (χ0n) is 7.56. The van der Waals surface area contributed by atoms with Crippen molar-refractivity contribution in [3.05, 3.63) is 0 Å². The van der Waals surface area contributed by atoms with Crippen LogP contribution in [0.1, 0.15) is 26.2 Å². The van der Waals surface area contributed by atoms with E-state index < -0.39 is 21.7 Å². The van der Waals surface area contributed by atoms with Gasteiger partial charge in [-0.05, 0) is 12.8 Å². The molecule has 76 valence electrons. The second-order valence-corrected chi connectivity index (χ2v) is 5.95. The fraction of sp³-hybridized carbons (Fsp3) is 0.875. The standard InChI is InChI=1S/C8H14O4S/c1-6(8(9)10)5-13(11,12)7-3-2-4-7/h6-7H,2-5H2,1H3,(H,9,10). The van der Waals surface area contributed by atoms with Gasteiger partial charge in [-0.25, -0.2) is 8.42 Å². The Balaban J connectivity index is 2.56. The van der Waals surface area contributed by atoms with E-state index in [1.807, 2.05) is 0 Å². The maximum absolute atomic E-state index is 11.5. The molecule has 1 aliphatic rings. The van der Waals surface area contributed by atoms with Crippen molar-refractivity contribution in [1.29, 1.82) is 0 Å². The van der Waals surface area contributed by atoms with Gasteiger partial charge in [0.15, 0.2) is 9.84 Å². The van der Waals surface area contributed by atoms with Crippen molar-refractivity contribution >= 4 is 15.8 Å². The van der Waals surface area contributed by atoms with E-state index in [0.29, 0.717) is 12.8 Å². The fourth-order valence-electron chi connectivity index (χ4n) is 1.29. The highest BCUT2D eigenvalue weighted by Crippen LogP contribution is 2.27. The van der Waals surface area contributed by atoms with E-state index in [1.54, 1.807) is 0 Å². The van der Waals surface area contributed by atoms with Crippen LogP contribution < -0.4 is 0 Å². The highest BCUT2D eigenvalue weighted by Gasteiger charge is 2.33. The zero-order chi connectivity index (χ0) is 10.1. The van der Waals surface area contributed by atoms with Crippen molar-refractivity contribution in [3.63, 3.8) is 0 Å². The quantitative estimate of drug-likeness (QED) is 0.734. The van der Waals surface area contributed by atoms with E-state index in [-0.39, 0.29) is 11.0 Å². The van der Waals surface area contributed by atoms with Crippen LogP contribution in [0, 0.1) is 5.92 Å². The Morgan fingerprint density at radius 3 is 2.38 bits per heavy atom. The summed E-state index contributed by atoms with van der Waals surface area (Å²) in [5.74, 6) is -2.04. The molecule has 1 fully saturated rings. The Bertz CT molecular complexity index is 289. The molecule has 0 bridgehead atoms. The number of hydrogen-bond acceptors (Lipinski definition) is 3. The molecule has 1 unspecified atom stereocenters. The molecule has 0 saturated heterocycles. The summed E-state index contributed by atoms with van der Waals surface area (Å²) in [6.45, 7) is 1.43. The summed E-state index contributed by atoms with van der Waals surface area (Å²) >= 11 is 0. The number of rotatable bonds is 4. The molecule has 0 heterocycles. The fourth-order valence-corrected chi connectivity index (χ4v) is 3.45. The largest absolute Gasteiger partial charge is 0.481 e.